The normalized spacial score (nSPS) is 15.0. The van der Waals surface area contributed by atoms with Gasteiger partial charge in [0.2, 0.25) is 0 Å². The minimum atomic E-state index is -0.989. The van der Waals surface area contributed by atoms with Crippen LogP contribution >= 0.6 is 0 Å². The van der Waals surface area contributed by atoms with E-state index in [0.717, 1.165) is 34.6 Å². The molecule has 1 heterocycles. The number of nitrogens with zero attached hydrogens (tertiary/aromatic N) is 1. The van der Waals surface area contributed by atoms with Crippen LogP contribution < -0.4 is 0 Å². The summed E-state index contributed by atoms with van der Waals surface area (Å²) in [6, 6.07) is 15.3. The van der Waals surface area contributed by atoms with E-state index in [9.17, 15) is 9.35 Å². The van der Waals surface area contributed by atoms with Crippen molar-refractivity contribution in [1.82, 2.24) is 5.16 Å². The average Bonchev–Trinajstić information content (AvgIpc) is 3.38. The quantitative estimate of drug-likeness (QED) is 0.487. The molecular formula is C21H19NO3S. The Morgan fingerprint density at radius 3 is 2.58 bits per heavy atom. The molecule has 0 amide bonds. The first-order valence-electron chi connectivity index (χ1n) is 8.63. The molecule has 0 spiro atoms. The zero-order valence-electron chi connectivity index (χ0n) is 14.5. The molecular weight excluding hydrogens is 346 g/mol. The summed E-state index contributed by atoms with van der Waals surface area (Å²) in [6.07, 6.45) is 5.96. The standard InChI is InChI=1S/C21H19NO3S/c1-26(24)17-10-6-14(7-11-17)12-16-4-2-3-5-18(16)20(23)19-13-22-25-21(19)15-8-9-15/h2-7,10-11,13,15H,8-9,12H2,1H3. The van der Waals surface area contributed by atoms with Crippen LogP contribution in [0.3, 0.4) is 0 Å². The van der Waals surface area contributed by atoms with Gasteiger partial charge in [-0.1, -0.05) is 41.6 Å². The number of rotatable bonds is 6. The first-order chi connectivity index (χ1) is 12.6. The fourth-order valence-electron chi connectivity index (χ4n) is 3.12. The van der Waals surface area contributed by atoms with Gasteiger partial charge in [0.25, 0.3) is 0 Å². The molecule has 132 valence electrons. The smallest absolute Gasteiger partial charge is 0.198 e. The maximum Gasteiger partial charge on any atom is 0.198 e. The molecule has 5 heteroatoms. The molecule has 0 radical (unpaired) electrons. The number of hydrogen-bond acceptors (Lipinski definition) is 4. The van der Waals surface area contributed by atoms with Crippen molar-refractivity contribution >= 4 is 17.0 Å². The van der Waals surface area contributed by atoms with Crippen molar-refractivity contribution in [3.05, 3.63) is 82.7 Å². The van der Waals surface area contributed by atoms with E-state index in [2.05, 4.69) is 5.16 Å². The van der Waals surface area contributed by atoms with Gasteiger partial charge in [0, 0.05) is 11.5 Å². The van der Waals surface area contributed by atoms with Gasteiger partial charge in [-0.3, -0.25) is 4.79 Å². The molecule has 1 atom stereocenters. The fraction of sp³-hybridized carbons (Fsp3) is 0.238. The SMILES string of the molecule is C[S+]([O-])c1ccc(Cc2ccccc2C(=O)c2cnoc2C2CC2)cc1. The summed E-state index contributed by atoms with van der Waals surface area (Å²) in [6.45, 7) is 0. The van der Waals surface area contributed by atoms with Gasteiger partial charge in [0.1, 0.15) is 6.26 Å². The molecule has 0 bridgehead atoms. The van der Waals surface area contributed by atoms with Crippen LogP contribution in [-0.2, 0) is 17.6 Å². The van der Waals surface area contributed by atoms with Gasteiger partial charge in [-0.2, -0.15) is 0 Å². The van der Waals surface area contributed by atoms with Crippen molar-refractivity contribution in [1.29, 1.82) is 0 Å². The summed E-state index contributed by atoms with van der Waals surface area (Å²) in [5, 5.41) is 3.85. The third kappa shape index (κ3) is 3.45. The first kappa shape index (κ1) is 17.1. The lowest BCUT2D eigenvalue weighted by Crippen LogP contribution is -2.07. The predicted molar refractivity (Wildman–Crippen MR) is 99.9 cm³/mol. The van der Waals surface area contributed by atoms with Crippen molar-refractivity contribution in [2.45, 2.75) is 30.1 Å². The Kier molecular flexibility index (Phi) is 4.66. The van der Waals surface area contributed by atoms with Crippen molar-refractivity contribution < 1.29 is 13.9 Å². The molecule has 0 aliphatic heterocycles. The molecule has 0 saturated heterocycles. The van der Waals surface area contributed by atoms with Gasteiger partial charge >= 0.3 is 0 Å². The maximum absolute atomic E-state index is 13.1. The third-order valence-corrected chi connectivity index (χ3v) is 5.64. The molecule has 4 rings (SSSR count). The number of carbonyl (C=O) groups is 1. The molecule has 1 unspecified atom stereocenters. The summed E-state index contributed by atoms with van der Waals surface area (Å²) in [5.41, 5.74) is 3.30. The number of benzene rings is 2. The second-order valence-electron chi connectivity index (χ2n) is 6.64. The second kappa shape index (κ2) is 7.09. The van der Waals surface area contributed by atoms with Crippen LogP contribution in [-0.4, -0.2) is 21.7 Å². The lowest BCUT2D eigenvalue weighted by Gasteiger charge is -2.10. The van der Waals surface area contributed by atoms with Crippen LogP contribution in [0, 0.1) is 0 Å². The highest BCUT2D eigenvalue weighted by Crippen LogP contribution is 2.42. The molecule has 0 N–H and O–H groups in total. The predicted octanol–water partition coefficient (Wildman–Crippen LogP) is 4.11. The zero-order valence-corrected chi connectivity index (χ0v) is 15.3. The van der Waals surface area contributed by atoms with E-state index in [1.54, 1.807) is 6.26 Å². The van der Waals surface area contributed by atoms with E-state index < -0.39 is 11.2 Å². The van der Waals surface area contributed by atoms with Crippen LogP contribution in [0.1, 0.15) is 51.6 Å². The van der Waals surface area contributed by atoms with Gasteiger partial charge < -0.3 is 9.08 Å². The van der Waals surface area contributed by atoms with E-state index in [4.69, 9.17) is 4.52 Å². The van der Waals surface area contributed by atoms with E-state index in [1.165, 1.54) is 6.20 Å². The summed E-state index contributed by atoms with van der Waals surface area (Å²) in [5.74, 6) is 1.03. The van der Waals surface area contributed by atoms with Crippen molar-refractivity contribution in [2.75, 3.05) is 6.26 Å². The van der Waals surface area contributed by atoms with Gasteiger partial charge in [0.05, 0.1) is 11.8 Å². The van der Waals surface area contributed by atoms with Gasteiger partial charge in [0.15, 0.2) is 16.4 Å². The van der Waals surface area contributed by atoms with E-state index in [1.807, 2.05) is 48.5 Å². The van der Waals surface area contributed by atoms with Crippen molar-refractivity contribution in [2.24, 2.45) is 0 Å². The average molecular weight is 365 g/mol. The zero-order chi connectivity index (χ0) is 18.1. The highest BCUT2D eigenvalue weighted by atomic mass is 32.2. The van der Waals surface area contributed by atoms with Crippen LogP contribution in [0.25, 0.3) is 0 Å². The summed E-state index contributed by atoms with van der Waals surface area (Å²) < 4.78 is 16.9. The Bertz CT molecular complexity index is 926. The van der Waals surface area contributed by atoms with Gasteiger partial charge in [-0.15, -0.1) is 0 Å². The molecule has 26 heavy (non-hydrogen) atoms. The largest absolute Gasteiger partial charge is 0.612 e. The molecule has 1 saturated carbocycles. The van der Waals surface area contributed by atoms with Crippen LogP contribution in [0.5, 0.6) is 0 Å². The Morgan fingerprint density at radius 2 is 1.88 bits per heavy atom. The molecule has 4 nitrogen and oxygen atoms in total. The Labute approximate surface area is 155 Å². The van der Waals surface area contributed by atoms with Crippen LogP contribution in [0.15, 0.2) is 64.1 Å². The van der Waals surface area contributed by atoms with E-state index in [0.29, 0.717) is 23.5 Å². The second-order valence-corrected chi connectivity index (χ2v) is 8.02. The molecule has 1 aliphatic carbocycles. The summed E-state index contributed by atoms with van der Waals surface area (Å²) >= 11 is -0.989. The van der Waals surface area contributed by atoms with Crippen LogP contribution in [0.2, 0.25) is 0 Å². The van der Waals surface area contributed by atoms with Crippen molar-refractivity contribution in [3.63, 3.8) is 0 Å². The molecule has 1 aliphatic rings. The lowest BCUT2D eigenvalue weighted by molar-refractivity contribution is 0.103. The Hall–Kier alpha value is -2.37. The maximum atomic E-state index is 13.1. The highest BCUT2D eigenvalue weighted by Gasteiger charge is 2.33. The number of carbonyl (C=O) groups excluding carboxylic acids is 1. The van der Waals surface area contributed by atoms with Gasteiger partial charge in [-0.05, 0) is 53.7 Å². The number of hydrogen-bond donors (Lipinski definition) is 0. The van der Waals surface area contributed by atoms with Crippen molar-refractivity contribution in [3.8, 4) is 0 Å². The van der Waals surface area contributed by atoms with E-state index in [-0.39, 0.29) is 5.78 Å². The van der Waals surface area contributed by atoms with Gasteiger partial charge in [-0.25, -0.2) is 0 Å². The van der Waals surface area contributed by atoms with Crippen LogP contribution in [0.4, 0.5) is 0 Å². The van der Waals surface area contributed by atoms with E-state index >= 15 is 0 Å². The fourth-order valence-corrected chi connectivity index (χ4v) is 3.64. The third-order valence-electron chi connectivity index (χ3n) is 4.70. The highest BCUT2D eigenvalue weighted by molar-refractivity contribution is 7.90. The summed E-state index contributed by atoms with van der Waals surface area (Å²) in [7, 11) is 0. The minimum Gasteiger partial charge on any atom is -0.612 e. The molecule has 3 aromatic rings. The Morgan fingerprint density at radius 1 is 1.15 bits per heavy atom. The number of ketones is 1. The first-order valence-corrected chi connectivity index (χ1v) is 10.2. The topological polar surface area (TPSA) is 66.2 Å². The molecule has 2 aromatic carbocycles. The number of aromatic nitrogens is 1. The monoisotopic (exact) mass is 365 g/mol. The molecule has 1 aromatic heterocycles. The molecule has 1 fully saturated rings. The Balaban J connectivity index is 1.62. The summed E-state index contributed by atoms with van der Waals surface area (Å²) in [4.78, 5) is 13.9. The minimum absolute atomic E-state index is 0.0324. The lowest BCUT2D eigenvalue weighted by atomic mass is 9.94.